The Hall–Kier alpha value is -1.18. The quantitative estimate of drug-likeness (QED) is 0.350. The standard InChI is InChI=1S/C19H34N4O2S/c1-3-20-19(21-9-4-6-18-23-16(2)15-26-18)22-10-5-11-25-14-17-7-12-24-13-8-17/h15,17H,3-14H2,1-2H3,(H2,20,21,22). The Balaban J connectivity index is 1.53. The van der Waals surface area contributed by atoms with Crippen LogP contribution in [0.5, 0.6) is 0 Å². The van der Waals surface area contributed by atoms with E-state index in [4.69, 9.17) is 9.47 Å². The van der Waals surface area contributed by atoms with Gasteiger partial charge in [-0.2, -0.15) is 0 Å². The van der Waals surface area contributed by atoms with E-state index >= 15 is 0 Å². The summed E-state index contributed by atoms with van der Waals surface area (Å²) in [6, 6.07) is 0. The van der Waals surface area contributed by atoms with Gasteiger partial charge in [0.05, 0.1) is 5.01 Å². The smallest absolute Gasteiger partial charge is 0.191 e. The highest BCUT2D eigenvalue weighted by atomic mass is 32.1. The molecule has 148 valence electrons. The van der Waals surface area contributed by atoms with E-state index in [2.05, 4.69) is 32.9 Å². The van der Waals surface area contributed by atoms with Crippen LogP contribution >= 0.6 is 11.3 Å². The van der Waals surface area contributed by atoms with E-state index in [-0.39, 0.29) is 0 Å². The molecule has 0 atom stereocenters. The number of aryl methyl sites for hydroxylation is 2. The van der Waals surface area contributed by atoms with Crippen molar-refractivity contribution >= 4 is 17.3 Å². The summed E-state index contributed by atoms with van der Waals surface area (Å²) in [5.41, 5.74) is 1.11. The lowest BCUT2D eigenvalue weighted by atomic mass is 10.0. The first-order valence-corrected chi connectivity index (χ1v) is 10.7. The normalized spacial score (nSPS) is 16.0. The molecule has 2 rings (SSSR count). The molecular formula is C19H34N4O2S. The van der Waals surface area contributed by atoms with Gasteiger partial charge in [-0.3, -0.25) is 4.99 Å². The molecule has 1 aromatic heterocycles. The van der Waals surface area contributed by atoms with Crippen molar-refractivity contribution in [3.63, 3.8) is 0 Å². The number of aromatic nitrogens is 1. The first kappa shape index (κ1) is 21.1. The molecule has 0 spiro atoms. The zero-order valence-corrected chi connectivity index (χ0v) is 17.1. The summed E-state index contributed by atoms with van der Waals surface area (Å²) in [7, 11) is 0. The molecule has 1 saturated heterocycles. The van der Waals surface area contributed by atoms with Crippen molar-refractivity contribution in [2.75, 3.05) is 46.1 Å². The molecule has 0 aromatic carbocycles. The van der Waals surface area contributed by atoms with E-state index in [1.807, 2.05) is 6.92 Å². The highest BCUT2D eigenvalue weighted by molar-refractivity contribution is 7.09. The lowest BCUT2D eigenvalue weighted by Crippen LogP contribution is -2.38. The average molecular weight is 383 g/mol. The van der Waals surface area contributed by atoms with Gasteiger partial charge in [0.25, 0.3) is 0 Å². The maximum absolute atomic E-state index is 5.80. The fourth-order valence-corrected chi connectivity index (χ4v) is 3.64. The summed E-state index contributed by atoms with van der Waals surface area (Å²) < 4.78 is 11.2. The number of aliphatic imine (C=N–C) groups is 1. The Morgan fingerprint density at radius 3 is 2.92 bits per heavy atom. The van der Waals surface area contributed by atoms with Crippen LogP contribution in [0.15, 0.2) is 10.4 Å². The lowest BCUT2D eigenvalue weighted by Gasteiger charge is -2.21. The maximum atomic E-state index is 5.80. The van der Waals surface area contributed by atoms with Crippen LogP contribution in [0.25, 0.3) is 0 Å². The summed E-state index contributed by atoms with van der Waals surface area (Å²) in [4.78, 5) is 9.14. The van der Waals surface area contributed by atoms with Gasteiger partial charge in [0, 0.05) is 63.6 Å². The van der Waals surface area contributed by atoms with Crippen LogP contribution in [0.3, 0.4) is 0 Å². The zero-order chi connectivity index (χ0) is 18.5. The number of rotatable bonds is 11. The third-order valence-electron chi connectivity index (χ3n) is 4.28. The Morgan fingerprint density at radius 2 is 2.19 bits per heavy atom. The van der Waals surface area contributed by atoms with Crippen molar-refractivity contribution < 1.29 is 9.47 Å². The number of hydrogen-bond donors (Lipinski definition) is 2. The summed E-state index contributed by atoms with van der Waals surface area (Å²) in [6.45, 7) is 10.1. The summed E-state index contributed by atoms with van der Waals surface area (Å²) in [6.07, 6.45) is 5.29. The Labute approximate surface area is 161 Å². The highest BCUT2D eigenvalue weighted by Gasteiger charge is 2.13. The molecule has 2 heterocycles. The average Bonchev–Trinajstić information content (AvgIpc) is 3.07. The predicted octanol–water partition coefficient (Wildman–Crippen LogP) is 2.77. The predicted molar refractivity (Wildman–Crippen MR) is 108 cm³/mol. The van der Waals surface area contributed by atoms with Gasteiger partial charge in [-0.15, -0.1) is 11.3 Å². The van der Waals surface area contributed by atoms with Crippen molar-refractivity contribution in [1.82, 2.24) is 15.6 Å². The van der Waals surface area contributed by atoms with Crippen LogP contribution in [0.2, 0.25) is 0 Å². The van der Waals surface area contributed by atoms with Gasteiger partial charge in [0.2, 0.25) is 0 Å². The molecule has 1 aromatic rings. The van der Waals surface area contributed by atoms with Crippen LogP contribution in [-0.4, -0.2) is 57.0 Å². The fraction of sp³-hybridized carbons (Fsp3) is 0.789. The van der Waals surface area contributed by atoms with Gasteiger partial charge in [-0.25, -0.2) is 4.98 Å². The molecule has 0 aliphatic carbocycles. The second kappa shape index (κ2) is 13.1. The van der Waals surface area contributed by atoms with Crippen molar-refractivity contribution in [2.24, 2.45) is 10.9 Å². The SMILES string of the molecule is CCNC(=NCCCc1nc(C)cs1)NCCCOCC1CCOCC1. The Bertz CT molecular complexity index is 515. The lowest BCUT2D eigenvalue weighted by molar-refractivity contribution is 0.0203. The Kier molecular flexibility index (Phi) is 10.6. The number of guanidine groups is 1. The zero-order valence-electron chi connectivity index (χ0n) is 16.3. The van der Waals surface area contributed by atoms with Crippen LogP contribution in [-0.2, 0) is 15.9 Å². The molecule has 26 heavy (non-hydrogen) atoms. The van der Waals surface area contributed by atoms with E-state index in [1.54, 1.807) is 11.3 Å². The van der Waals surface area contributed by atoms with E-state index < -0.39 is 0 Å². The molecule has 0 amide bonds. The van der Waals surface area contributed by atoms with E-state index in [0.717, 1.165) is 89.8 Å². The van der Waals surface area contributed by atoms with Gasteiger partial charge in [0.15, 0.2) is 5.96 Å². The minimum atomic E-state index is 0.678. The Morgan fingerprint density at radius 1 is 1.35 bits per heavy atom. The van der Waals surface area contributed by atoms with Crippen molar-refractivity contribution in [3.05, 3.63) is 16.1 Å². The molecule has 0 bridgehead atoms. The maximum Gasteiger partial charge on any atom is 0.191 e. The summed E-state index contributed by atoms with van der Waals surface area (Å²) in [5, 5.41) is 10.00. The number of thiazole rings is 1. The monoisotopic (exact) mass is 382 g/mol. The first-order valence-electron chi connectivity index (χ1n) is 9.86. The molecule has 1 aliphatic rings. The molecule has 0 unspecified atom stereocenters. The van der Waals surface area contributed by atoms with Gasteiger partial charge in [0.1, 0.15) is 0 Å². The van der Waals surface area contributed by atoms with Crippen molar-refractivity contribution in [3.8, 4) is 0 Å². The minimum Gasteiger partial charge on any atom is -0.381 e. The number of nitrogens with one attached hydrogen (secondary N) is 2. The molecule has 0 radical (unpaired) electrons. The third-order valence-corrected chi connectivity index (χ3v) is 5.31. The molecule has 6 nitrogen and oxygen atoms in total. The second-order valence-corrected chi connectivity index (χ2v) is 7.60. The minimum absolute atomic E-state index is 0.678. The molecule has 1 fully saturated rings. The van der Waals surface area contributed by atoms with Gasteiger partial charge < -0.3 is 20.1 Å². The summed E-state index contributed by atoms with van der Waals surface area (Å²) >= 11 is 1.74. The van der Waals surface area contributed by atoms with Crippen molar-refractivity contribution in [2.45, 2.75) is 46.0 Å². The number of nitrogens with zero attached hydrogens (tertiary/aromatic N) is 2. The molecule has 1 aliphatic heterocycles. The highest BCUT2D eigenvalue weighted by Crippen LogP contribution is 2.14. The molecule has 0 saturated carbocycles. The number of hydrogen-bond acceptors (Lipinski definition) is 5. The van der Waals surface area contributed by atoms with Gasteiger partial charge >= 0.3 is 0 Å². The van der Waals surface area contributed by atoms with E-state index in [1.165, 1.54) is 5.01 Å². The summed E-state index contributed by atoms with van der Waals surface area (Å²) in [5.74, 6) is 1.57. The van der Waals surface area contributed by atoms with Gasteiger partial charge in [-0.1, -0.05) is 0 Å². The second-order valence-electron chi connectivity index (χ2n) is 6.66. The largest absolute Gasteiger partial charge is 0.381 e. The van der Waals surface area contributed by atoms with Crippen LogP contribution < -0.4 is 10.6 Å². The van der Waals surface area contributed by atoms with Crippen LogP contribution in [0.4, 0.5) is 0 Å². The van der Waals surface area contributed by atoms with Crippen LogP contribution in [0.1, 0.15) is 43.3 Å². The van der Waals surface area contributed by atoms with Crippen molar-refractivity contribution in [1.29, 1.82) is 0 Å². The van der Waals surface area contributed by atoms with E-state index in [0.29, 0.717) is 5.92 Å². The molecule has 2 N–H and O–H groups in total. The number of ether oxygens (including phenoxy) is 2. The topological polar surface area (TPSA) is 67.8 Å². The molecule has 7 heteroatoms. The third kappa shape index (κ3) is 8.96. The molecular weight excluding hydrogens is 348 g/mol. The van der Waals surface area contributed by atoms with Gasteiger partial charge in [-0.05, 0) is 45.4 Å². The van der Waals surface area contributed by atoms with Crippen LogP contribution in [0, 0.1) is 12.8 Å². The first-order chi connectivity index (χ1) is 12.8. The fourth-order valence-electron chi connectivity index (χ4n) is 2.82. The van der Waals surface area contributed by atoms with E-state index in [9.17, 15) is 0 Å².